The molecule has 4 aliphatic rings. The van der Waals surface area contributed by atoms with Gasteiger partial charge in [0.1, 0.15) is 5.78 Å². The second-order valence-corrected chi connectivity index (χ2v) is 9.71. The summed E-state index contributed by atoms with van der Waals surface area (Å²) in [6.45, 7) is 7.23. The molecule has 2 nitrogen and oxygen atoms in total. The van der Waals surface area contributed by atoms with Crippen LogP contribution in [-0.4, -0.2) is 17.0 Å². The second kappa shape index (κ2) is 4.59. The van der Waals surface area contributed by atoms with Crippen LogP contribution in [0.2, 0.25) is 0 Å². The van der Waals surface area contributed by atoms with E-state index in [2.05, 4.69) is 20.8 Å². The smallest absolute Gasteiger partial charge is 0.139 e. The molecule has 0 spiro atoms. The second-order valence-electron chi connectivity index (χ2n) is 9.71. The zero-order valence-electron chi connectivity index (χ0n) is 14.5. The molecule has 0 amide bonds. The van der Waals surface area contributed by atoms with Crippen LogP contribution >= 0.6 is 0 Å². The van der Waals surface area contributed by atoms with E-state index in [0.717, 1.165) is 43.9 Å². The minimum Gasteiger partial charge on any atom is -0.393 e. The first-order valence-corrected chi connectivity index (χ1v) is 9.52. The van der Waals surface area contributed by atoms with Crippen LogP contribution in [0.25, 0.3) is 0 Å². The van der Waals surface area contributed by atoms with Crippen molar-refractivity contribution in [2.24, 2.45) is 34.0 Å². The topological polar surface area (TPSA) is 37.3 Å². The van der Waals surface area contributed by atoms with E-state index in [1.807, 2.05) is 0 Å². The predicted octanol–water partition coefficient (Wildman–Crippen LogP) is 4.35. The lowest BCUT2D eigenvalue weighted by Crippen LogP contribution is -2.58. The van der Waals surface area contributed by atoms with Crippen molar-refractivity contribution in [2.45, 2.75) is 84.7 Å². The number of ketones is 1. The van der Waals surface area contributed by atoms with Crippen LogP contribution in [0.1, 0.15) is 78.6 Å². The van der Waals surface area contributed by atoms with Gasteiger partial charge in [0, 0.05) is 11.8 Å². The van der Waals surface area contributed by atoms with Crippen LogP contribution in [0.3, 0.4) is 0 Å². The third-order valence-electron chi connectivity index (χ3n) is 9.06. The number of rotatable bonds is 0. The largest absolute Gasteiger partial charge is 0.393 e. The van der Waals surface area contributed by atoms with Gasteiger partial charge in [-0.3, -0.25) is 4.79 Å². The summed E-state index contributed by atoms with van der Waals surface area (Å²) in [7, 11) is 0. The van der Waals surface area contributed by atoms with Crippen LogP contribution in [0.4, 0.5) is 0 Å². The van der Waals surface area contributed by atoms with E-state index in [1.165, 1.54) is 25.7 Å². The maximum Gasteiger partial charge on any atom is 0.139 e. The van der Waals surface area contributed by atoms with Crippen molar-refractivity contribution in [1.29, 1.82) is 0 Å². The molecule has 4 rings (SSSR count). The molecule has 0 radical (unpaired) electrons. The molecule has 0 aromatic rings. The SMILES string of the molecule is C[C@]12CC[C@H]3[C@@H](CC[C@]4(C)C(=O)CC[C@H]34)[C@]1(C)CC[C@@H](O)C2. The van der Waals surface area contributed by atoms with E-state index in [0.29, 0.717) is 22.5 Å². The van der Waals surface area contributed by atoms with E-state index in [9.17, 15) is 9.90 Å². The first-order chi connectivity index (χ1) is 10.3. The fraction of sp³-hybridized carbons (Fsp3) is 0.950. The Kier molecular flexibility index (Phi) is 3.16. The quantitative estimate of drug-likeness (QED) is 0.722. The fourth-order valence-corrected chi connectivity index (χ4v) is 7.38. The lowest BCUT2D eigenvalue weighted by molar-refractivity contribution is -0.169. The van der Waals surface area contributed by atoms with E-state index < -0.39 is 0 Å². The minimum atomic E-state index is -0.0865. The van der Waals surface area contributed by atoms with Gasteiger partial charge < -0.3 is 5.11 Å². The lowest BCUT2D eigenvalue weighted by atomic mass is 9.40. The van der Waals surface area contributed by atoms with Gasteiger partial charge >= 0.3 is 0 Å². The average molecular weight is 304 g/mol. The van der Waals surface area contributed by atoms with Crippen molar-refractivity contribution >= 4 is 5.78 Å². The Morgan fingerprint density at radius 3 is 2.50 bits per heavy atom. The molecule has 0 unspecified atom stereocenters. The summed E-state index contributed by atoms with van der Waals surface area (Å²) in [5, 5.41) is 10.2. The van der Waals surface area contributed by atoms with Gasteiger partial charge in [-0.25, -0.2) is 0 Å². The van der Waals surface area contributed by atoms with Gasteiger partial charge in [0.25, 0.3) is 0 Å². The minimum absolute atomic E-state index is 0.000547. The van der Waals surface area contributed by atoms with Crippen molar-refractivity contribution in [2.75, 3.05) is 0 Å². The number of aliphatic hydroxyl groups is 1. The predicted molar refractivity (Wildman–Crippen MR) is 87.4 cm³/mol. The van der Waals surface area contributed by atoms with Gasteiger partial charge in [-0.05, 0) is 80.0 Å². The molecule has 0 aliphatic heterocycles. The van der Waals surface area contributed by atoms with Crippen molar-refractivity contribution in [1.82, 2.24) is 0 Å². The van der Waals surface area contributed by atoms with Crippen LogP contribution in [0.5, 0.6) is 0 Å². The number of fused-ring (bicyclic) bond motifs is 5. The van der Waals surface area contributed by atoms with Gasteiger partial charge in [0.05, 0.1) is 6.10 Å². The molecule has 4 aliphatic carbocycles. The Bertz CT molecular complexity index is 500. The Balaban J connectivity index is 1.68. The van der Waals surface area contributed by atoms with Gasteiger partial charge in [-0.1, -0.05) is 20.8 Å². The monoisotopic (exact) mass is 304 g/mol. The molecule has 7 atom stereocenters. The molecule has 2 heteroatoms. The van der Waals surface area contributed by atoms with Crippen molar-refractivity contribution < 1.29 is 9.90 Å². The lowest BCUT2D eigenvalue weighted by Gasteiger charge is -2.64. The maximum absolute atomic E-state index is 12.4. The summed E-state index contributed by atoms with van der Waals surface area (Å²) < 4.78 is 0. The van der Waals surface area contributed by atoms with Gasteiger partial charge in [-0.2, -0.15) is 0 Å². The number of hydrogen-bond acceptors (Lipinski definition) is 2. The Morgan fingerprint density at radius 1 is 0.955 bits per heavy atom. The Hall–Kier alpha value is -0.370. The molecule has 0 aromatic carbocycles. The molecular weight excluding hydrogens is 272 g/mol. The summed E-state index contributed by atoms with van der Waals surface area (Å²) in [5.74, 6) is 2.74. The highest BCUT2D eigenvalue weighted by molar-refractivity contribution is 5.87. The molecule has 0 saturated heterocycles. The summed E-state index contributed by atoms with van der Waals surface area (Å²) in [4.78, 5) is 12.4. The van der Waals surface area contributed by atoms with Crippen molar-refractivity contribution in [3.63, 3.8) is 0 Å². The highest BCUT2D eigenvalue weighted by Gasteiger charge is 2.63. The number of Topliss-reactive ketones (excluding diaryl/α,β-unsaturated/α-hetero) is 1. The summed E-state index contributed by atoms with van der Waals surface area (Å²) in [5.41, 5.74) is 0.684. The molecule has 1 N–H and O–H groups in total. The molecule has 4 fully saturated rings. The van der Waals surface area contributed by atoms with Crippen LogP contribution in [-0.2, 0) is 4.79 Å². The molecule has 22 heavy (non-hydrogen) atoms. The third-order valence-corrected chi connectivity index (χ3v) is 9.06. The fourth-order valence-electron chi connectivity index (χ4n) is 7.38. The summed E-state index contributed by atoms with van der Waals surface area (Å²) in [6, 6.07) is 0. The highest BCUT2D eigenvalue weighted by atomic mass is 16.3. The molecule has 4 saturated carbocycles. The summed E-state index contributed by atoms with van der Waals surface area (Å²) in [6.07, 6.45) is 9.95. The number of carbonyl (C=O) groups excluding carboxylic acids is 1. The molecule has 0 aromatic heterocycles. The maximum atomic E-state index is 12.4. The van der Waals surface area contributed by atoms with Gasteiger partial charge in [0.2, 0.25) is 0 Å². The summed E-state index contributed by atoms with van der Waals surface area (Å²) >= 11 is 0. The van der Waals surface area contributed by atoms with E-state index in [4.69, 9.17) is 0 Å². The molecular formula is C20H32O2. The van der Waals surface area contributed by atoms with Crippen LogP contribution in [0.15, 0.2) is 0 Å². The zero-order valence-corrected chi connectivity index (χ0v) is 14.5. The number of aliphatic hydroxyl groups excluding tert-OH is 1. The van der Waals surface area contributed by atoms with Crippen LogP contribution in [0, 0.1) is 34.0 Å². The highest BCUT2D eigenvalue weighted by Crippen LogP contribution is 2.69. The number of hydrogen-bond donors (Lipinski definition) is 1. The van der Waals surface area contributed by atoms with Gasteiger partial charge in [-0.15, -0.1) is 0 Å². The Labute approximate surface area is 135 Å². The normalized spacial score (nSPS) is 57.9. The van der Waals surface area contributed by atoms with Gasteiger partial charge in [0.15, 0.2) is 0 Å². The van der Waals surface area contributed by atoms with Crippen molar-refractivity contribution in [3.05, 3.63) is 0 Å². The molecule has 0 bridgehead atoms. The van der Waals surface area contributed by atoms with E-state index in [1.54, 1.807) is 0 Å². The number of carbonyl (C=O) groups is 1. The van der Waals surface area contributed by atoms with Crippen molar-refractivity contribution in [3.8, 4) is 0 Å². The average Bonchev–Trinajstić information content (AvgIpc) is 2.76. The van der Waals surface area contributed by atoms with E-state index >= 15 is 0 Å². The molecule has 124 valence electrons. The molecule has 0 heterocycles. The van der Waals surface area contributed by atoms with Crippen LogP contribution < -0.4 is 0 Å². The third kappa shape index (κ3) is 1.74. The first-order valence-electron chi connectivity index (χ1n) is 9.52. The van der Waals surface area contributed by atoms with E-state index in [-0.39, 0.29) is 11.5 Å². The zero-order chi connectivity index (χ0) is 15.8. The first kappa shape index (κ1) is 15.2. The standard InChI is InChI=1S/C20H32O2/c1-18-9-7-14-15-4-5-17(22)19(15,2)10-8-16(14)20(18,3)11-6-13(21)12-18/h13-16,21H,4-12H2,1-3H3/t13-,14-,15-,16-,18-,19+,20+/m1/s1. The Morgan fingerprint density at radius 2 is 1.73 bits per heavy atom.